The summed E-state index contributed by atoms with van der Waals surface area (Å²) in [6.07, 6.45) is 0. The van der Waals surface area contributed by atoms with Crippen molar-refractivity contribution in [3.63, 3.8) is 0 Å². The normalized spacial score (nSPS) is 21.0. The van der Waals surface area contributed by atoms with Crippen LogP contribution in [0.3, 0.4) is 0 Å². The molecule has 5 aliphatic rings. The molecular formula is C15H8Br4O4. The summed E-state index contributed by atoms with van der Waals surface area (Å²) in [7, 11) is 0. The Labute approximate surface area is 165 Å². The zero-order valence-electron chi connectivity index (χ0n) is 11.5. The van der Waals surface area contributed by atoms with Crippen molar-refractivity contribution in [1.29, 1.82) is 0 Å². The molecule has 0 aliphatic carbocycles. The van der Waals surface area contributed by atoms with Crippen molar-refractivity contribution in [1.82, 2.24) is 0 Å². The minimum atomic E-state index is -0.404. The van der Waals surface area contributed by atoms with E-state index in [1.807, 2.05) is 24.3 Å². The van der Waals surface area contributed by atoms with Crippen molar-refractivity contribution in [2.24, 2.45) is 0 Å². The number of benzene rings is 2. The quantitative estimate of drug-likeness (QED) is 0.194. The van der Waals surface area contributed by atoms with Gasteiger partial charge in [0.05, 0.1) is 8.21 Å². The maximum Gasteiger partial charge on any atom is 0.231 e. The minimum absolute atomic E-state index is 0.0308. The summed E-state index contributed by atoms with van der Waals surface area (Å²) >= 11 is 14.6. The first-order chi connectivity index (χ1) is 10.9. The van der Waals surface area contributed by atoms with Crippen LogP contribution in [0.5, 0.6) is 23.0 Å². The SMILES string of the molecule is CC1(C(Br)Br)c2ccc(cc2)OOOc2c(Br)c(Br)c1c1c2O1. The summed E-state index contributed by atoms with van der Waals surface area (Å²) in [6.45, 7) is 2.13. The zero-order valence-corrected chi connectivity index (χ0v) is 17.9. The number of rotatable bonds is 1. The van der Waals surface area contributed by atoms with Gasteiger partial charge in [-0.3, -0.25) is 9.78 Å². The molecule has 120 valence electrons. The van der Waals surface area contributed by atoms with Crippen LogP contribution in [0.15, 0.2) is 33.2 Å². The Kier molecular flexibility index (Phi) is 3.96. The molecule has 4 bridgehead atoms. The van der Waals surface area contributed by atoms with Crippen molar-refractivity contribution in [3.8, 4) is 23.0 Å². The lowest BCUT2D eigenvalue weighted by atomic mass is 9.78. The fraction of sp³-hybridized carbons (Fsp3) is 0.200. The Balaban J connectivity index is 2.06. The predicted octanol–water partition coefficient (Wildman–Crippen LogP) is 6.36. The molecule has 2 aromatic rings. The van der Waals surface area contributed by atoms with Crippen LogP contribution in [0, 0.1) is 0 Å². The fourth-order valence-corrected chi connectivity index (χ4v) is 4.87. The van der Waals surface area contributed by atoms with Crippen LogP contribution >= 0.6 is 63.7 Å². The van der Waals surface area contributed by atoms with E-state index in [4.69, 9.17) is 19.6 Å². The van der Waals surface area contributed by atoms with Crippen molar-refractivity contribution < 1.29 is 19.6 Å². The first-order valence-corrected chi connectivity index (χ1v) is 9.99. The summed E-state index contributed by atoms with van der Waals surface area (Å²) in [5, 5.41) is 4.87. The highest BCUT2D eigenvalue weighted by Gasteiger charge is 2.47. The van der Waals surface area contributed by atoms with Crippen LogP contribution < -0.4 is 14.5 Å². The molecule has 0 saturated heterocycles. The molecule has 0 fully saturated rings. The van der Waals surface area contributed by atoms with E-state index in [0.717, 1.165) is 21.3 Å². The maximum atomic E-state index is 5.70. The van der Waals surface area contributed by atoms with E-state index >= 15 is 0 Å². The van der Waals surface area contributed by atoms with Gasteiger partial charge in [-0.1, -0.05) is 44.0 Å². The number of hydrogen-bond donors (Lipinski definition) is 0. The smallest absolute Gasteiger partial charge is 0.231 e. The van der Waals surface area contributed by atoms with Gasteiger partial charge in [0.1, 0.15) is 0 Å². The lowest BCUT2D eigenvalue weighted by molar-refractivity contribution is -0.411. The van der Waals surface area contributed by atoms with E-state index in [9.17, 15) is 0 Å². The summed E-state index contributed by atoms with van der Waals surface area (Å²) in [5.41, 5.74) is 1.70. The number of ether oxygens (including phenoxy) is 1. The predicted molar refractivity (Wildman–Crippen MR) is 98.8 cm³/mol. The van der Waals surface area contributed by atoms with Gasteiger partial charge in [-0.25, -0.2) is 0 Å². The van der Waals surface area contributed by atoms with Gasteiger partial charge < -0.3 is 4.74 Å². The molecule has 0 spiro atoms. The average molecular weight is 572 g/mol. The van der Waals surface area contributed by atoms with Crippen molar-refractivity contribution in [2.45, 2.75) is 16.1 Å². The second kappa shape index (κ2) is 5.62. The Morgan fingerprint density at radius 2 is 1.61 bits per heavy atom. The summed E-state index contributed by atoms with van der Waals surface area (Å²) in [5.74, 6) is 2.40. The molecule has 0 amide bonds. The monoisotopic (exact) mass is 568 g/mol. The molecule has 1 unspecified atom stereocenters. The maximum absolute atomic E-state index is 5.70. The molecular weight excluding hydrogens is 564 g/mol. The van der Waals surface area contributed by atoms with E-state index in [0.29, 0.717) is 21.7 Å². The summed E-state index contributed by atoms with van der Waals surface area (Å²) in [6, 6.07) is 7.63. The number of hydrogen-bond acceptors (Lipinski definition) is 4. The largest absolute Gasteiger partial charge is 0.445 e. The molecule has 7 rings (SSSR count). The van der Waals surface area contributed by atoms with Gasteiger partial charge in [-0.15, -0.1) is 0 Å². The Hall–Kier alpha value is -0.280. The van der Waals surface area contributed by atoms with Crippen LogP contribution in [0.1, 0.15) is 18.1 Å². The van der Waals surface area contributed by atoms with Gasteiger partial charge in [0.25, 0.3) is 0 Å². The van der Waals surface area contributed by atoms with Gasteiger partial charge in [-0.2, -0.15) is 0 Å². The third-order valence-corrected chi connectivity index (χ3v) is 7.98. The second-order valence-corrected chi connectivity index (χ2v) is 10.0. The van der Waals surface area contributed by atoms with Gasteiger partial charge in [0.15, 0.2) is 11.5 Å². The lowest BCUT2D eigenvalue weighted by Crippen LogP contribution is -2.30. The first-order valence-electron chi connectivity index (χ1n) is 6.57. The van der Waals surface area contributed by atoms with Crippen molar-refractivity contribution in [3.05, 3.63) is 44.3 Å². The molecule has 23 heavy (non-hydrogen) atoms. The molecule has 0 aromatic heterocycles. The Morgan fingerprint density at radius 3 is 2.26 bits per heavy atom. The number of alkyl halides is 2. The van der Waals surface area contributed by atoms with E-state index in [2.05, 4.69) is 70.6 Å². The third-order valence-electron chi connectivity index (χ3n) is 4.07. The standard InChI is InChI=1S/C15H8Br4O4/c1-15(14(18)19)6-2-4-7(5-3-6)21-23-22-12-10(17)9(16)8(15)11-13(12)20-11/h2-5,14H,1H3. The Bertz CT molecular complexity index is 806. The average Bonchev–Trinajstić information content (AvgIpc) is 3.29. The molecule has 1 atom stereocenters. The minimum Gasteiger partial charge on any atom is -0.445 e. The highest BCUT2D eigenvalue weighted by molar-refractivity contribution is 9.24. The lowest BCUT2D eigenvalue weighted by Gasteiger charge is -2.33. The van der Waals surface area contributed by atoms with E-state index < -0.39 is 5.41 Å². The topological polar surface area (TPSA) is 40.2 Å². The van der Waals surface area contributed by atoms with Crippen LogP contribution in [0.25, 0.3) is 0 Å². The van der Waals surface area contributed by atoms with Gasteiger partial charge in [0, 0.05) is 20.5 Å². The third kappa shape index (κ3) is 2.37. The van der Waals surface area contributed by atoms with E-state index in [-0.39, 0.29) is 3.74 Å². The molecule has 5 aliphatic heterocycles. The number of halogens is 4. The summed E-state index contributed by atoms with van der Waals surface area (Å²) in [4.78, 5) is 10.4. The van der Waals surface area contributed by atoms with Crippen LogP contribution in [-0.4, -0.2) is 3.74 Å². The molecule has 2 aromatic carbocycles. The van der Waals surface area contributed by atoms with Gasteiger partial charge in [-0.05, 0) is 56.5 Å². The molecule has 8 heteroatoms. The van der Waals surface area contributed by atoms with Gasteiger partial charge in [0.2, 0.25) is 11.5 Å². The highest BCUT2D eigenvalue weighted by atomic mass is 79.9. The molecule has 0 N–H and O–H groups in total. The van der Waals surface area contributed by atoms with Crippen LogP contribution in [0.4, 0.5) is 0 Å². The first kappa shape index (κ1) is 16.2. The summed E-state index contributed by atoms with van der Waals surface area (Å²) < 4.78 is 7.21. The van der Waals surface area contributed by atoms with Crippen molar-refractivity contribution >= 4 is 63.7 Å². The van der Waals surface area contributed by atoms with Crippen molar-refractivity contribution in [2.75, 3.05) is 0 Å². The molecule has 0 saturated carbocycles. The van der Waals surface area contributed by atoms with Gasteiger partial charge >= 0.3 is 0 Å². The molecule has 0 radical (unpaired) electrons. The molecule has 4 nitrogen and oxygen atoms in total. The van der Waals surface area contributed by atoms with Crippen LogP contribution in [-0.2, 0) is 10.5 Å². The Morgan fingerprint density at radius 1 is 0.913 bits per heavy atom. The fourth-order valence-electron chi connectivity index (χ4n) is 2.66. The second-order valence-electron chi connectivity index (χ2n) is 5.35. The van der Waals surface area contributed by atoms with Crippen LogP contribution in [0.2, 0.25) is 0 Å². The zero-order chi connectivity index (χ0) is 16.4. The highest BCUT2D eigenvalue weighted by Crippen LogP contribution is 2.65. The van der Waals surface area contributed by atoms with E-state index in [1.54, 1.807) is 0 Å². The van der Waals surface area contributed by atoms with E-state index in [1.165, 1.54) is 0 Å². The molecule has 5 heterocycles.